The van der Waals surface area contributed by atoms with E-state index in [1.807, 2.05) is 12.1 Å². The molecule has 0 fully saturated rings. The SMILES string of the molecule is CCNCc1ccc(OC2C=CCCC2)c(OC)c1. The average Bonchev–Trinajstić information content (AvgIpc) is 2.47. The number of benzene rings is 1. The van der Waals surface area contributed by atoms with Crippen LogP contribution in [0.4, 0.5) is 0 Å². The first kappa shape index (κ1) is 13.9. The maximum absolute atomic E-state index is 6.00. The normalized spacial score (nSPS) is 18.3. The zero-order chi connectivity index (χ0) is 13.5. The van der Waals surface area contributed by atoms with Crippen LogP contribution in [0.1, 0.15) is 31.7 Å². The molecule has 2 rings (SSSR count). The van der Waals surface area contributed by atoms with Crippen molar-refractivity contribution in [3.05, 3.63) is 35.9 Å². The molecule has 0 amide bonds. The topological polar surface area (TPSA) is 30.5 Å². The van der Waals surface area contributed by atoms with E-state index in [0.717, 1.165) is 31.0 Å². The molecule has 1 aromatic carbocycles. The Morgan fingerprint density at radius 1 is 1.32 bits per heavy atom. The molecule has 0 radical (unpaired) electrons. The van der Waals surface area contributed by atoms with Crippen LogP contribution in [0.3, 0.4) is 0 Å². The van der Waals surface area contributed by atoms with Gasteiger partial charge in [0.15, 0.2) is 11.5 Å². The molecule has 0 saturated heterocycles. The van der Waals surface area contributed by atoms with Crippen molar-refractivity contribution < 1.29 is 9.47 Å². The van der Waals surface area contributed by atoms with Crippen LogP contribution < -0.4 is 14.8 Å². The lowest BCUT2D eigenvalue weighted by atomic mass is 10.1. The minimum Gasteiger partial charge on any atom is -0.493 e. The third-order valence-corrected chi connectivity index (χ3v) is 3.30. The monoisotopic (exact) mass is 261 g/mol. The molecule has 0 aromatic heterocycles. The molecular weight excluding hydrogens is 238 g/mol. The molecule has 1 aliphatic carbocycles. The lowest BCUT2D eigenvalue weighted by molar-refractivity contribution is 0.219. The van der Waals surface area contributed by atoms with E-state index in [2.05, 4.69) is 30.5 Å². The molecule has 1 atom stereocenters. The highest BCUT2D eigenvalue weighted by molar-refractivity contribution is 5.43. The van der Waals surface area contributed by atoms with Crippen molar-refractivity contribution >= 4 is 0 Å². The van der Waals surface area contributed by atoms with Gasteiger partial charge in [0.25, 0.3) is 0 Å². The van der Waals surface area contributed by atoms with Gasteiger partial charge < -0.3 is 14.8 Å². The fourth-order valence-corrected chi connectivity index (χ4v) is 2.23. The highest BCUT2D eigenvalue weighted by atomic mass is 16.5. The molecule has 0 heterocycles. The predicted molar refractivity (Wildman–Crippen MR) is 77.8 cm³/mol. The van der Waals surface area contributed by atoms with Crippen LogP contribution >= 0.6 is 0 Å². The first-order chi connectivity index (χ1) is 9.33. The molecule has 1 N–H and O–H groups in total. The minimum absolute atomic E-state index is 0.183. The number of methoxy groups -OCH3 is 1. The summed E-state index contributed by atoms with van der Waals surface area (Å²) < 4.78 is 11.4. The van der Waals surface area contributed by atoms with Gasteiger partial charge >= 0.3 is 0 Å². The number of allylic oxidation sites excluding steroid dienone is 1. The highest BCUT2D eigenvalue weighted by Crippen LogP contribution is 2.30. The lowest BCUT2D eigenvalue weighted by Gasteiger charge is -2.20. The van der Waals surface area contributed by atoms with E-state index < -0.39 is 0 Å². The molecule has 1 aromatic rings. The third kappa shape index (κ3) is 4.00. The maximum Gasteiger partial charge on any atom is 0.162 e. The quantitative estimate of drug-likeness (QED) is 0.797. The van der Waals surface area contributed by atoms with E-state index in [1.165, 1.54) is 18.4 Å². The van der Waals surface area contributed by atoms with Crippen LogP contribution in [0.15, 0.2) is 30.4 Å². The highest BCUT2D eigenvalue weighted by Gasteiger charge is 2.13. The van der Waals surface area contributed by atoms with Gasteiger partial charge in [-0.05, 0) is 49.6 Å². The molecule has 19 heavy (non-hydrogen) atoms. The molecule has 0 saturated carbocycles. The van der Waals surface area contributed by atoms with Crippen molar-refractivity contribution in [2.75, 3.05) is 13.7 Å². The molecule has 0 aliphatic heterocycles. The third-order valence-electron chi connectivity index (χ3n) is 3.30. The Morgan fingerprint density at radius 2 is 2.21 bits per heavy atom. The van der Waals surface area contributed by atoms with Crippen LogP contribution in [-0.4, -0.2) is 19.8 Å². The molecular formula is C16H23NO2. The molecule has 1 aliphatic rings. The molecule has 0 spiro atoms. The zero-order valence-corrected chi connectivity index (χ0v) is 11.8. The van der Waals surface area contributed by atoms with Gasteiger partial charge in [0, 0.05) is 6.54 Å². The van der Waals surface area contributed by atoms with Gasteiger partial charge in [0.05, 0.1) is 7.11 Å². The van der Waals surface area contributed by atoms with E-state index in [0.29, 0.717) is 0 Å². The largest absolute Gasteiger partial charge is 0.493 e. The number of hydrogen-bond donors (Lipinski definition) is 1. The van der Waals surface area contributed by atoms with Crippen molar-refractivity contribution in [1.82, 2.24) is 5.32 Å². The van der Waals surface area contributed by atoms with Gasteiger partial charge in [0.1, 0.15) is 6.10 Å². The zero-order valence-electron chi connectivity index (χ0n) is 11.8. The molecule has 1 unspecified atom stereocenters. The Bertz CT molecular complexity index is 429. The van der Waals surface area contributed by atoms with Crippen molar-refractivity contribution in [3.63, 3.8) is 0 Å². The first-order valence-electron chi connectivity index (χ1n) is 7.04. The summed E-state index contributed by atoms with van der Waals surface area (Å²) in [5.41, 5.74) is 1.21. The Labute approximate surface area is 115 Å². The van der Waals surface area contributed by atoms with Gasteiger partial charge in [-0.1, -0.05) is 19.1 Å². The molecule has 3 nitrogen and oxygen atoms in total. The van der Waals surface area contributed by atoms with Crippen molar-refractivity contribution in [1.29, 1.82) is 0 Å². The summed E-state index contributed by atoms with van der Waals surface area (Å²) in [6, 6.07) is 6.14. The van der Waals surface area contributed by atoms with Crippen LogP contribution in [0.25, 0.3) is 0 Å². The van der Waals surface area contributed by atoms with Crippen LogP contribution in [0, 0.1) is 0 Å². The van der Waals surface area contributed by atoms with Crippen LogP contribution in [-0.2, 0) is 6.54 Å². The second-order valence-electron chi connectivity index (χ2n) is 4.78. The second-order valence-corrected chi connectivity index (χ2v) is 4.78. The predicted octanol–water partition coefficient (Wildman–Crippen LogP) is 3.29. The number of ether oxygens (including phenoxy) is 2. The van der Waals surface area contributed by atoms with Gasteiger partial charge in [-0.2, -0.15) is 0 Å². The Hall–Kier alpha value is -1.48. The summed E-state index contributed by atoms with van der Waals surface area (Å²) in [4.78, 5) is 0. The Morgan fingerprint density at radius 3 is 2.89 bits per heavy atom. The summed E-state index contributed by atoms with van der Waals surface area (Å²) in [6.45, 7) is 3.92. The van der Waals surface area contributed by atoms with Gasteiger partial charge in [0.2, 0.25) is 0 Å². The molecule has 3 heteroatoms. The van der Waals surface area contributed by atoms with Crippen LogP contribution in [0.2, 0.25) is 0 Å². The molecule has 0 bridgehead atoms. The van der Waals surface area contributed by atoms with Crippen LogP contribution in [0.5, 0.6) is 11.5 Å². The van der Waals surface area contributed by atoms with E-state index in [4.69, 9.17) is 9.47 Å². The van der Waals surface area contributed by atoms with Crippen molar-refractivity contribution in [2.45, 2.75) is 38.8 Å². The maximum atomic E-state index is 6.00. The summed E-state index contributed by atoms with van der Waals surface area (Å²) in [6.07, 6.45) is 7.97. The average molecular weight is 261 g/mol. The van der Waals surface area contributed by atoms with Gasteiger partial charge in [-0.25, -0.2) is 0 Å². The van der Waals surface area contributed by atoms with E-state index in [1.54, 1.807) is 7.11 Å². The Kier molecular flexibility index (Phi) is 5.28. The second kappa shape index (κ2) is 7.19. The lowest BCUT2D eigenvalue weighted by Crippen LogP contribution is -2.16. The number of hydrogen-bond acceptors (Lipinski definition) is 3. The smallest absolute Gasteiger partial charge is 0.162 e. The summed E-state index contributed by atoms with van der Waals surface area (Å²) in [7, 11) is 1.69. The van der Waals surface area contributed by atoms with E-state index in [-0.39, 0.29) is 6.10 Å². The standard InChI is InChI=1S/C16H23NO2/c1-3-17-12-13-9-10-15(16(11-13)18-2)19-14-7-5-4-6-8-14/h5,7,9-11,14,17H,3-4,6,8,12H2,1-2H3. The first-order valence-corrected chi connectivity index (χ1v) is 7.04. The number of nitrogens with one attached hydrogen (secondary N) is 1. The number of rotatable bonds is 6. The van der Waals surface area contributed by atoms with Gasteiger partial charge in [-0.15, -0.1) is 0 Å². The van der Waals surface area contributed by atoms with Crippen molar-refractivity contribution in [3.8, 4) is 11.5 Å². The van der Waals surface area contributed by atoms with E-state index in [9.17, 15) is 0 Å². The van der Waals surface area contributed by atoms with Gasteiger partial charge in [-0.3, -0.25) is 0 Å². The molecule has 104 valence electrons. The fraction of sp³-hybridized carbons (Fsp3) is 0.500. The summed E-state index contributed by atoms with van der Waals surface area (Å²) in [5, 5.41) is 3.31. The van der Waals surface area contributed by atoms with E-state index >= 15 is 0 Å². The summed E-state index contributed by atoms with van der Waals surface area (Å²) >= 11 is 0. The fourth-order valence-electron chi connectivity index (χ4n) is 2.23. The van der Waals surface area contributed by atoms with Crippen molar-refractivity contribution in [2.24, 2.45) is 0 Å². The minimum atomic E-state index is 0.183. The Balaban J connectivity index is 2.06. The summed E-state index contributed by atoms with van der Waals surface area (Å²) in [5.74, 6) is 1.65.